The molecule has 1 aromatic heterocycles. The lowest BCUT2D eigenvalue weighted by Gasteiger charge is -2.32. The van der Waals surface area contributed by atoms with Crippen molar-refractivity contribution in [3.05, 3.63) is 11.8 Å². The van der Waals surface area contributed by atoms with Crippen LogP contribution in [0, 0.1) is 0 Å². The van der Waals surface area contributed by atoms with Gasteiger partial charge in [0.15, 0.2) is 5.69 Å². The number of hydrazine groups is 1. The van der Waals surface area contributed by atoms with Crippen LogP contribution < -0.4 is 11.2 Å². The fourth-order valence-corrected chi connectivity index (χ4v) is 1.75. The summed E-state index contributed by atoms with van der Waals surface area (Å²) < 4.78 is 37.8. The highest BCUT2D eigenvalue weighted by molar-refractivity contribution is 5.40. The van der Waals surface area contributed by atoms with E-state index in [2.05, 4.69) is 20.3 Å². The van der Waals surface area contributed by atoms with E-state index >= 15 is 0 Å². The van der Waals surface area contributed by atoms with Crippen molar-refractivity contribution >= 4 is 11.8 Å². The first-order chi connectivity index (χ1) is 8.84. The molecule has 0 spiro atoms. The largest absolute Gasteiger partial charge is 0.433 e. The highest BCUT2D eigenvalue weighted by atomic mass is 19.4. The summed E-state index contributed by atoms with van der Waals surface area (Å²) in [7, 11) is 1.99. The summed E-state index contributed by atoms with van der Waals surface area (Å²) in [5.74, 6) is -0.337. The van der Waals surface area contributed by atoms with Gasteiger partial charge in [-0.1, -0.05) is 0 Å². The molecule has 0 amide bonds. The van der Waals surface area contributed by atoms with Gasteiger partial charge in [0.2, 0.25) is 5.95 Å². The molecule has 1 aliphatic heterocycles. The lowest BCUT2D eigenvalue weighted by atomic mass is 10.3. The van der Waals surface area contributed by atoms with Crippen LogP contribution in [0.1, 0.15) is 5.69 Å². The zero-order chi connectivity index (χ0) is 14.0. The van der Waals surface area contributed by atoms with Crippen molar-refractivity contribution in [3.8, 4) is 0 Å². The normalized spacial score (nSPS) is 18.5. The molecule has 0 radical (unpaired) electrons. The standard InChI is InChI=1S/C10H15F3N6/c1-18-2-4-19(5-3-18)17-8-6-7(10(11,12)13)15-9(14)16-8/h6H,2-5H2,1H3,(H3,14,15,16,17). The number of nitrogens with one attached hydrogen (secondary N) is 1. The van der Waals surface area contributed by atoms with Gasteiger partial charge < -0.3 is 16.1 Å². The molecule has 0 bridgehead atoms. The Bertz CT molecular complexity index is 441. The Morgan fingerprint density at radius 2 is 1.84 bits per heavy atom. The fraction of sp³-hybridized carbons (Fsp3) is 0.600. The van der Waals surface area contributed by atoms with Crippen molar-refractivity contribution < 1.29 is 13.2 Å². The third-order valence-corrected chi connectivity index (χ3v) is 2.81. The maximum Gasteiger partial charge on any atom is 0.433 e. The van der Waals surface area contributed by atoms with Crippen molar-refractivity contribution in [1.82, 2.24) is 19.9 Å². The SMILES string of the molecule is CN1CCN(Nc2cc(C(F)(F)F)nc(N)n2)CC1. The predicted molar refractivity (Wildman–Crippen MR) is 64.1 cm³/mol. The van der Waals surface area contributed by atoms with Crippen LogP contribution in [-0.2, 0) is 6.18 Å². The number of nitrogens with zero attached hydrogens (tertiary/aromatic N) is 4. The molecule has 6 nitrogen and oxygen atoms in total. The summed E-state index contributed by atoms with van der Waals surface area (Å²) in [6, 6.07) is 0.856. The van der Waals surface area contributed by atoms with E-state index in [0.717, 1.165) is 19.2 Å². The average molecular weight is 276 g/mol. The van der Waals surface area contributed by atoms with Gasteiger partial charge in [-0.15, -0.1) is 0 Å². The van der Waals surface area contributed by atoms with Crippen LogP contribution in [0.5, 0.6) is 0 Å². The predicted octanol–water partition coefficient (Wildman–Crippen LogP) is 0.652. The molecule has 2 heterocycles. The maximum absolute atomic E-state index is 12.6. The van der Waals surface area contributed by atoms with Crippen LogP contribution in [0.2, 0.25) is 0 Å². The Hall–Kier alpha value is -1.61. The molecule has 0 atom stereocenters. The quantitative estimate of drug-likeness (QED) is 0.826. The van der Waals surface area contributed by atoms with Gasteiger partial charge in [0.25, 0.3) is 0 Å². The molecule has 2 rings (SSSR count). The van der Waals surface area contributed by atoms with E-state index in [9.17, 15) is 13.2 Å². The van der Waals surface area contributed by atoms with Crippen molar-refractivity contribution in [2.75, 3.05) is 44.4 Å². The van der Waals surface area contributed by atoms with E-state index in [1.165, 1.54) is 0 Å². The molecule has 1 aliphatic rings. The van der Waals surface area contributed by atoms with Crippen LogP contribution in [0.15, 0.2) is 6.07 Å². The Morgan fingerprint density at radius 3 is 2.42 bits per heavy atom. The molecule has 9 heteroatoms. The highest BCUT2D eigenvalue weighted by Crippen LogP contribution is 2.29. The van der Waals surface area contributed by atoms with E-state index < -0.39 is 17.8 Å². The third-order valence-electron chi connectivity index (χ3n) is 2.81. The molecule has 0 aliphatic carbocycles. The zero-order valence-electron chi connectivity index (χ0n) is 10.4. The van der Waals surface area contributed by atoms with E-state index in [4.69, 9.17) is 5.73 Å². The lowest BCUT2D eigenvalue weighted by Crippen LogP contribution is -2.47. The number of likely N-dealkylation sites (N-methyl/N-ethyl adjacent to an activating group) is 1. The zero-order valence-corrected chi connectivity index (χ0v) is 10.4. The molecule has 0 aromatic carbocycles. The molecule has 1 saturated heterocycles. The number of hydrogen-bond donors (Lipinski definition) is 2. The number of anilines is 2. The van der Waals surface area contributed by atoms with E-state index in [1.807, 2.05) is 12.1 Å². The molecular weight excluding hydrogens is 261 g/mol. The molecule has 1 fully saturated rings. The molecule has 19 heavy (non-hydrogen) atoms. The van der Waals surface area contributed by atoms with Crippen molar-refractivity contribution in [3.63, 3.8) is 0 Å². The van der Waals surface area contributed by atoms with Gasteiger partial charge in [0.1, 0.15) is 5.82 Å². The molecule has 0 saturated carbocycles. The van der Waals surface area contributed by atoms with Gasteiger partial charge in [-0.3, -0.25) is 0 Å². The van der Waals surface area contributed by atoms with Crippen LogP contribution in [0.3, 0.4) is 0 Å². The fourth-order valence-electron chi connectivity index (χ4n) is 1.75. The molecule has 3 N–H and O–H groups in total. The van der Waals surface area contributed by atoms with Crippen LogP contribution in [-0.4, -0.2) is 53.1 Å². The summed E-state index contributed by atoms with van der Waals surface area (Å²) in [4.78, 5) is 9.08. The summed E-state index contributed by atoms with van der Waals surface area (Å²) in [6.07, 6.45) is -4.53. The summed E-state index contributed by atoms with van der Waals surface area (Å²) in [5, 5.41) is 1.81. The van der Waals surface area contributed by atoms with Crippen molar-refractivity contribution in [2.24, 2.45) is 0 Å². The first kappa shape index (κ1) is 13.8. The van der Waals surface area contributed by atoms with Crippen molar-refractivity contribution in [1.29, 1.82) is 0 Å². The van der Waals surface area contributed by atoms with Gasteiger partial charge in [0, 0.05) is 32.2 Å². The number of alkyl halides is 3. The first-order valence-corrected chi connectivity index (χ1v) is 5.76. The van der Waals surface area contributed by atoms with Gasteiger partial charge in [-0.25, -0.2) is 9.99 Å². The topological polar surface area (TPSA) is 70.3 Å². The number of halogens is 3. The molecular formula is C10H15F3N6. The minimum atomic E-state index is -4.53. The van der Waals surface area contributed by atoms with Crippen LogP contribution in [0.25, 0.3) is 0 Å². The maximum atomic E-state index is 12.6. The van der Waals surface area contributed by atoms with E-state index in [-0.39, 0.29) is 5.82 Å². The van der Waals surface area contributed by atoms with Gasteiger partial charge in [-0.05, 0) is 7.05 Å². The first-order valence-electron chi connectivity index (χ1n) is 5.76. The van der Waals surface area contributed by atoms with E-state index in [0.29, 0.717) is 13.1 Å². The monoisotopic (exact) mass is 276 g/mol. The lowest BCUT2D eigenvalue weighted by molar-refractivity contribution is -0.141. The Kier molecular flexibility index (Phi) is 3.76. The number of piperazine rings is 1. The second-order valence-corrected chi connectivity index (χ2v) is 4.40. The minimum Gasteiger partial charge on any atom is -0.368 e. The summed E-state index contributed by atoms with van der Waals surface area (Å²) >= 11 is 0. The van der Waals surface area contributed by atoms with Gasteiger partial charge >= 0.3 is 6.18 Å². The number of hydrogen-bond acceptors (Lipinski definition) is 6. The molecule has 1 aromatic rings. The van der Waals surface area contributed by atoms with Crippen LogP contribution in [0.4, 0.5) is 24.9 Å². The smallest absolute Gasteiger partial charge is 0.368 e. The minimum absolute atomic E-state index is 0.0596. The van der Waals surface area contributed by atoms with Gasteiger partial charge in [-0.2, -0.15) is 18.2 Å². The number of aromatic nitrogens is 2. The number of nitrogens with two attached hydrogens (primary N) is 1. The molecule has 0 unspecified atom stereocenters. The van der Waals surface area contributed by atoms with Gasteiger partial charge in [0.05, 0.1) is 0 Å². The highest BCUT2D eigenvalue weighted by Gasteiger charge is 2.33. The second-order valence-electron chi connectivity index (χ2n) is 4.40. The summed E-state index contributed by atoms with van der Waals surface area (Å²) in [5.41, 5.74) is 7.08. The summed E-state index contributed by atoms with van der Waals surface area (Å²) in [6.45, 7) is 3.06. The Balaban J connectivity index is 2.10. The second kappa shape index (κ2) is 5.17. The van der Waals surface area contributed by atoms with Crippen LogP contribution >= 0.6 is 0 Å². The Morgan fingerprint density at radius 1 is 1.21 bits per heavy atom. The average Bonchev–Trinajstić information content (AvgIpc) is 2.30. The molecule has 106 valence electrons. The van der Waals surface area contributed by atoms with Crippen molar-refractivity contribution in [2.45, 2.75) is 6.18 Å². The van der Waals surface area contributed by atoms with E-state index in [1.54, 1.807) is 0 Å². The number of nitrogen functional groups attached to an aromatic ring is 1. The number of rotatable bonds is 2. The Labute approximate surface area is 108 Å². The third kappa shape index (κ3) is 3.67.